The van der Waals surface area contributed by atoms with Crippen molar-refractivity contribution in [3.8, 4) is 12.3 Å². The molecule has 1 unspecified atom stereocenters. The number of carboxylic acids is 1. The zero-order valence-electron chi connectivity index (χ0n) is 10.9. The van der Waals surface area contributed by atoms with Crippen molar-refractivity contribution in [2.75, 3.05) is 13.1 Å². The van der Waals surface area contributed by atoms with Crippen molar-refractivity contribution in [1.82, 2.24) is 10.2 Å². The highest BCUT2D eigenvalue weighted by Gasteiger charge is 2.40. The second-order valence-corrected chi connectivity index (χ2v) is 4.76. The van der Waals surface area contributed by atoms with Gasteiger partial charge in [-0.15, -0.1) is 6.42 Å². The number of terminal acetylenes is 1. The van der Waals surface area contributed by atoms with E-state index in [1.807, 2.05) is 6.92 Å². The standard InChI is InChI=1S/C13H20N2O3/c1-4-10(3)14-12(18)15-8-6-13(5-2,7-9-15)11(16)17/h1,10H,5-9H2,2-3H3,(H,14,18)(H,16,17). The number of amides is 2. The van der Waals surface area contributed by atoms with Crippen LogP contribution in [0.5, 0.6) is 0 Å². The van der Waals surface area contributed by atoms with Gasteiger partial charge in [-0.05, 0) is 26.2 Å². The topological polar surface area (TPSA) is 69.6 Å². The second-order valence-electron chi connectivity index (χ2n) is 4.76. The molecule has 100 valence electrons. The summed E-state index contributed by atoms with van der Waals surface area (Å²) in [6.45, 7) is 4.53. The minimum atomic E-state index is -0.762. The first-order valence-electron chi connectivity index (χ1n) is 6.20. The molecule has 2 N–H and O–H groups in total. The van der Waals surface area contributed by atoms with Crippen molar-refractivity contribution < 1.29 is 14.7 Å². The molecule has 1 aliphatic heterocycles. The van der Waals surface area contributed by atoms with Crippen LogP contribution in [-0.4, -0.2) is 41.1 Å². The maximum absolute atomic E-state index is 11.8. The molecule has 5 heteroatoms. The monoisotopic (exact) mass is 252 g/mol. The zero-order chi connectivity index (χ0) is 13.8. The van der Waals surface area contributed by atoms with E-state index >= 15 is 0 Å². The molecule has 1 rings (SSSR count). The number of carboxylic acid groups (broad SMARTS) is 1. The summed E-state index contributed by atoms with van der Waals surface area (Å²) in [5.41, 5.74) is -0.672. The highest BCUT2D eigenvalue weighted by atomic mass is 16.4. The first kappa shape index (κ1) is 14.4. The third-order valence-corrected chi connectivity index (χ3v) is 3.73. The van der Waals surface area contributed by atoms with Crippen molar-refractivity contribution in [2.45, 2.75) is 39.2 Å². The number of nitrogens with zero attached hydrogens (tertiary/aromatic N) is 1. The van der Waals surface area contributed by atoms with Crippen LogP contribution in [0.3, 0.4) is 0 Å². The quantitative estimate of drug-likeness (QED) is 0.744. The van der Waals surface area contributed by atoms with Crippen LogP contribution in [0.15, 0.2) is 0 Å². The summed E-state index contributed by atoms with van der Waals surface area (Å²) in [5.74, 6) is 1.67. The Labute approximate surface area is 108 Å². The predicted octanol–water partition coefficient (Wildman–Crippen LogP) is 1.29. The molecule has 1 fully saturated rings. The number of aliphatic carboxylic acids is 1. The normalized spacial score (nSPS) is 19.7. The Morgan fingerprint density at radius 2 is 2.06 bits per heavy atom. The van der Waals surface area contributed by atoms with Gasteiger partial charge in [-0.2, -0.15) is 0 Å². The van der Waals surface area contributed by atoms with E-state index in [4.69, 9.17) is 6.42 Å². The largest absolute Gasteiger partial charge is 0.481 e. The number of carbonyl (C=O) groups excluding carboxylic acids is 1. The predicted molar refractivity (Wildman–Crippen MR) is 68.0 cm³/mol. The minimum absolute atomic E-state index is 0.212. The molecule has 18 heavy (non-hydrogen) atoms. The number of carbonyl (C=O) groups is 2. The number of likely N-dealkylation sites (tertiary alicyclic amines) is 1. The average molecular weight is 252 g/mol. The van der Waals surface area contributed by atoms with E-state index in [2.05, 4.69) is 11.2 Å². The van der Waals surface area contributed by atoms with Gasteiger partial charge in [0.25, 0.3) is 0 Å². The molecule has 2 amide bonds. The Bertz CT molecular complexity index is 365. The Hall–Kier alpha value is -1.70. The molecule has 0 bridgehead atoms. The number of hydrogen-bond donors (Lipinski definition) is 2. The highest BCUT2D eigenvalue weighted by molar-refractivity contribution is 5.77. The van der Waals surface area contributed by atoms with Crippen LogP contribution in [0.25, 0.3) is 0 Å². The fraction of sp³-hybridized carbons (Fsp3) is 0.692. The lowest BCUT2D eigenvalue weighted by Crippen LogP contribution is -2.50. The third kappa shape index (κ3) is 2.95. The van der Waals surface area contributed by atoms with E-state index in [9.17, 15) is 14.7 Å². The van der Waals surface area contributed by atoms with Crippen LogP contribution in [0.1, 0.15) is 33.1 Å². The van der Waals surface area contributed by atoms with Crippen LogP contribution in [-0.2, 0) is 4.79 Å². The summed E-state index contributed by atoms with van der Waals surface area (Å²) in [6.07, 6.45) is 6.78. The van der Waals surface area contributed by atoms with Crippen molar-refractivity contribution >= 4 is 12.0 Å². The van der Waals surface area contributed by atoms with Crippen molar-refractivity contribution in [1.29, 1.82) is 0 Å². The zero-order valence-corrected chi connectivity index (χ0v) is 10.9. The van der Waals surface area contributed by atoms with Gasteiger partial charge in [0.1, 0.15) is 0 Å². The summed E-state index contributed by atoms with van der Waals surface area (Å²) >= 11 is 0. The summed E-state index contributed by atoms with van der Waals surface area (Å²) < 4.78 is 0. The van der Waals surface area contributed by atoms with Crippen molar-refractivity contribution in [3.63, 3.8) is 0 Å². The van der Waals surface area contributed by atoms with Crippen LogP contribution in [0.4, 0.5) is 4.79 Å². The molecule has 1 heterocycles. The SMILES string of the molecule is C#CC(C)NC(=O)N1CCC(CC)(C(=O)O)CC1. The number of nitrogens with one attached hydrogen (secondary N) is 1. The van der Waals surface area contributed by atoms with E-state index in [0.29, 0.717) is 32.4 Å². The first-order chi connectivity index (χ1) is 8.45. The van der Waals surface area contributed by atoms with Gasteiger partial charge in [-0.3, -0.25) is 4.79 Å². The number of hydrogen-bond acceptors (Lipinski definition) is 2. The van der Waals surface area contributed by atoms with Gasteiger partial charge < -0.3 is 15.3 Å². The maximum Gasteiger partial charge on any atom is 0.318 e. The lowest BCUT2D eigenvalue weighted by atomic mass is 9.76. The van der Waals surface area contributed by atoms with Crippen LogP contribution in [0.2, 0.25) is 0 Å². The molecular weight excluding hydrogens is 232 g/mol. The van der Waals surface area contributed by atoms with Gasteiger partial charge in [0.15, 0.2) is 0 Å². The molecular formula is C13H20N2O3. The molecule has 1 aliphatic rings. The van der Waals surface area contributed by atoms with Gasteiger partial charge in [0.05, 0.1) is 11.5 Å². The van der Waals surface area contributed by atoms with Crippen LogP contribution >= 0.6 is 0 Å². The highest BCUT2D eigenvalue weighted by Crippen LogP contribution is 2.35. The van der Waals surface area contributed by atoms with Gasteiger partial charge in [0.2, 0.25) is 0 Å². The molecule has 0 saturated carbocycles. The Balaban J connectivity index is 2.56. The lowest BCUT2D eigenvalue weighted by Gasteiger charge is -2.38. The van der Waals surface area contributed by atoms with Crippen LogP contribution < -0.4 is 5.32 Å². The molecule has 5 nitrogen and oxygen atoms in total. The molecule has 0 spiro atoms. The average Bonchev–Trinajstić information content (AvgIpc) is 2.38. The van der Waals surface area contributed by atoms with Gasteiger partial charge in [0, 0.05) is 13.1 Å². The van der Waals surface area contributed by atoms with Crippen molar-refractivity contribution in [3.05, 3.63) is 0 Å². The van der Waals surface area contributed by atoms with Gasteiger partial charge in [-0.1, -0.05) is 12.8 Å². The van der Waals surface area contributed by atoms with E-state index in [1.165, 1.54) is 0 Å². The number of rotatable bonds is 3. The minimum Gasteiger partial charge on any atom is -0.481 e. The third-order valence-electron chi connectivity index (χ3n) is 3.73. The molecule has 0 aromatic heterocycles. The summed E-state index contributed by atoms with van der Waals surface area (Å²) in [5, 5.41) is 11.9. The van der Waals surface area contributed by atoms with Crippen molar-refractivity contribution in [2.24, 2.45) is 5.41 Å². The molecule has 1 saturated heterocycles. The Kier molecular flexibility index (Phi) is 4.60. The molecule has 0 radical (unpaired) electrons. The number of piperidine rings is 1. The lowest BCUT2D eigenvalue weighted by molar-refractivity contribution is -0.151. The first-order valence-corrected chi connectivity index (χ1v) is 6.20. The fourth-order valence-corrected chi connectivity index (χ4v) is 2.17. The van der Waals surface area contributed by atoms with Gasteiger partial charge in [-0.25, -0.2) is 4.79 Å². The second kappa shape index (κ2) is 5.76. The van der Waals surface area contributed by atoms with Gasteiger partial charge >= 0.3 is 12.0 Å². The van der Waals surface area contributed by atoms with Crippen LogP contribution in [0, 0.1) is 17.8 Å². The van der Waals surface area contributed by atoms with E-state index in [1.54, 1.807) is 11.8 Å². The summed E-state index contributed by atoms with van der Waals surface area (Å²) in [7, 11) is 0. The summed E-state index contributed by atoms with van der Waals surface area (Å²) in [6, 6.07) is -0.523. The smallest absolute Gasteiger partial charge is 0.318 e. The molecule has 0 aromatic rings. The van der Waals surface area contributed by atoms with E-state index in [0.717, 1.165) is 0 Å². The number of urea groups is 1. The Morgan fingerprint density at radius 1 is 1.50 bits per heavy atom. The fourth-order valence-electron chi connectivity index (χ4n) is 2.17. The molecule has 0 aliphatic carbocycles. The Morgan fingerprint density at radius 3 is 2.44 bits per heavy atom. The maximum atomic E-state index is 11.8. The molecule has 1 atom stereocenters. The van der Waals surface area contributed by atoms with E-state index < -0.39 is 11.4 Å². The summed E-state index contributed by atoms with van der Waals surface area (Å²) in [4.78, 5) is 24.7. The molecule has 0 aromatic carbocycles. The van der Waals surface area contributed by atoms with E-state index in [-0.39, 0.29) is 12.1 Å².